The van der Waals surface area contributed by atoms with Crippen LogP contribution in [0.4, 0.5) is 8.78 Å². The highest BCUT2D eigenvalue weighted by Gasteiger charge is 2.21. The largest absolute Gasteiger partial charge is 0.373 e. The topological polar surface area (TPSA) is 9.23 Å². The standard InChI is InChI=1S/C27H28F2O/c1-16-5-10-26(30-15-16)23-11-17(2)27(18(3)12-23)21-8-6-20(7-9-21)22-13-24(28)19(4)25(29)14-22/h6-9,11-14,16,26H,5,10,15H2,1-4H3. The minimum atomic E-state index is -0.518. The lowest BCUT2D eigenvalue weighted by Gasteiger charge is -2.28. The summed E-state index contributed by atoms with van der Waals surface area (Å²) >= 11 is 0. The molecule has 0 aromatic heterocycles. The number of aryl methyl sites for hydroxylation is 2. The van der Waals surface area contributed by atoms with Crippen LogP contribution in [0.2, 0.25) is 0 Å². The molecular formula is C27H28F2O. The Kier molecular flexibility index (Phi) is 5.75. The molecule has 2 unspecified atom stereocenters. The van der Waals surface area contributed by atoms with E-state index in [1.807, 2.05) is 24.3 Å². The first-order chi connectivity index (χ1) is 14.3. The minimum absolute atomic E-state index is 0.0538. The van der Waals surface area contributed by atoms with Gasteiger partial charge in [-0.25, -0.2) is 8.78 Å². The molecule has 1 saturated heterocycles. The zero-order valence-corrected chi connectivity index (χ0v) is 18.1. The molecule has 0 radical (unpaired) electrons. The van der Waals surface area contributed by atoms with Crippen LogP contribution in [0.3, 0.4) is 0 Å². The van der Waals surface area contributed by atoms with Crippen molar-refractivity contribution < 1.29 is 13.5 Å². The molecule has 1 aliphatic heterocycles. The Hall–Kier alpha value is -2.52. The second-order valence-corrected chi connectivity index (χ2v) is 8.68. The Bertz CT molecular complexity index is 1010. The van der Waals surface area contributed by atoms with E-state index in [0.29, 0.717) is 11.5 Å². The molecule has 1 fully saturated rings. The molecule has 0 saturated carbocycles. The van der Waals surface area contributed by atoms with Gasteiger partial charge in [-0.15, -0.1) is 0 Å². The monoisotopic (exact) mass is 406 g/mol. The Morgan fingerprint density at radius 2 is 1.33 bits per heavy atom. The Balaban J connectivity index is 1.63. The van der Waals surface area contributed by atoms with Crippen LogP contribution in [0, 0.1) is 38.3 Å². The van der Waals surface area contributed by atoms with E-state index in [1.54, 1.807) is 0 Å². The van der Waals surface area contributed by atoms with E-state index < -0.39 is 11.6 Å². The molecule has 2 atom stereocenters. The van der Waals surface area contributed by atoms with Gasteiger partial charge < -0.3 is 4.74 Å². The Morgan fingerprint density at radius 3 is 1.87 bits per heavy atom. The molecule has 1 heterocycles. The number of benzene rings is 3. The predicted molar refractivity (Wildman–Crippen MR) is 119 cm³/mol. The van der Waals surface area contributed by atoms with Gasteiger partial charge in [0.1, 0.15) is 11.6 Å². The van der Waals surface area contributed by atoms with Gasteiger partial charge in [-0.2, -0.15) is 0 Å². The van der Waals surface area contributed by atoms with Crippen molar-refractivity contribution in [2.75, 3.05) is 6.61 Å². The highest BCUT2D eigenvalue weighted by molar-refractivity contribution is 5.75. The van der Waals surface area contributed by atoms with Crippen LogP contribution in [-0.4, -0.2) is 6.61 Å². The smallest absolute Gasteiger partial charge is 0.129 e. The SMILES string of the molecule is Cc1cc(C2CCC(C)CO2)cc(C)c1-c1ccc(-c2cc(F)c(C)c(F)c2)cc1. The molecule has 3 aromatic rings. The van der Waals surface area contributed by atoms with Crippen LogP contribution in [-0.2, 0) is 4.74 Å². The van der Waals surface area contributed by atoms with Crippen LogP contribution in [0.5, 0.6) is 0 Å². The zero-order valence-electron chi connectivity index (χ0n) is 18.1. The summed E-state index contributed by atoms with van der Waals surface area (Å²) < 4.78 is 33.9. The lowest BCUT2D eigenvalue weighted by Crippen LogP contribution is -2.18. The molecule has 0 bridgehead atoms. The third-order valence-corrected chi connectivity index (χ3v) is 6.22. The fourth-order valence-corrected chi connectivity index (χ4v) is 4.43. The number of halogens is 2. The van der Waals surface area contributed by atoms with E-state index in [9.17, 15) is 8.78 Å². The van der Waals surface area contributed by atoms with Crippen molar-refractivity contribution in [3.63, 3.8) is 0 Å². The number of ether oxygens (including phenoxy) is 1. The van der Waals surface area contributed by atoms with Crippen LogP contribution in [0.1, 0.15) is 48.1 Å². The van der Waals surface area contributed by atoms with Crippen molar-refractivity contribution in [3.8, 4) is 22.3 Å². The maximum Gasteiger partial charge on any atom is 0.129 e. The summed E-state index contributed by atoms with van der Waals surface area (Å²) in [6.07, 6.45) is 2.45. The second kappa shape index (κ2) is 8.31. The van der Waals surface area contributed by atoms with E-state index in [-0.39, 0.29) is 11.7 Å². The van der Waals surface area contributed by atoms with Gasteiger partial charge in [0, 0.05) is 12.2 Å². The third kappa shape index (κ3) is 4.04. The molecule has 3 heteroatoms. The zero-order chi connectivity index (χ0) is 21.4. The van der Waals surface area contributed by atoms with Crippen molar-refractivity contribution in [1.82, 2.24) is 0 Å². The molecule has 30 heavy (non-hydrogen) atoms. The van der Waals surface area contributed by atoms with Crippen molar-refractivity contribution in [2.45, 2.75) is 46.6 Å². The average Bonchev–Trinajstić information content (AvgIpc) is 2.72. The van der Waals surface area contributed by atoms with Crippen molar-refractivity contribution in [3.05, 3.63) is 82.4 Å². The molecular weight excluding hydrogens is 378 g/mol. The first-order valence-corrected chi connectivity index (χ1v) is 10.6. The van der Waals surface area contributed by atoms with Crippen molar-refractivity contribution >= 4 is 0 Å². The molecule has 156 valence electrons. The highest BCUT2D eigenvalue weighted by atomic mass is 19.1. The Morgan fingerprint density at radius 1 is 0.767 bits per heavy atom. The molecule has 0 spiro atoms. The van der Waals surface area contributed by atoms with E-state index in [1.165, 1.54) is 47.7 Å². The maximum absolute atomic E-state index is 13.9. The normalized spacial score (nSPS) is 19.1. The van der Waals surface area contributed by atoms with Gasteiger partial charge in [-0.1, -0.05) is 43.3 Å². The molecule has 0 N–H and O–H groups in total. The summed E-state index contributed by atoms with van der Waals surface area (Å²) in [5.74, 6) is -0.400. The van der Waals surface area contributed by atoms with Gasteiger partial charge in [0.15, 0.2) is 0 Å². The van der Waals surface area contributed by atoms with E-state index in [2.05, 4.69) is 32.9 Å². The number of hydrogen-bond donors (Lipinski definition) is 0. The molecule has 1 aliphatic rings. The quantitative estimate of drug-likeness (QED) is 0.433. The number of rotatable bonds is 3. The molecule has 0 aliphatic carbocycles. The van der Waals surface area contributed by atoms with Crippen molar-refractivity contribution in [2.24, 2.45) is 5.92 Å². The van der Waals surface area contributed by atoms with E-state index in [0.717, 1.165) is 24.2 Å². The first kappa shape index (κ1) is 20.7. The van der Waals surface area contributed by atoms with E-state index >= 15 is 0 Å². The summed E-state index contributed by atoms with van der Waals surface area (Å²) in [6.45, 7) is 8.78. The summed E-state index contributed by atoms with van der Waals surface area (Å²) in [7, 11) is 0. The molecule has 1 nitrogen and oxygen atoms in total. The van der Waals surface area contributed by atoms with Crippen LogP contribution in [0.25, 0.3) is 22.3 Å². The van der Waals surface area contributed by atoms with Crippen LogP contribution in [0.15, 0.2) is 48.5 Å². The predicted octanol–water partition coefficient (Wildman–Crippen LogP) is 7.71. The van der Waals surface area contributed by atoms with Gasteiger partial charge in [-0.05, 0) is 90.6 Å². The number of hydrogen-bond acceptors (Lipinski definition) is 1. The van der Waals surface area contributed by atoms with Gasteiger partial charge >= 0.3 is 0 Å². The lowest BCUT2D eigenvalue weighted by molar-refractivity contribution is -0.0124. The van der Waals surface area contributed by atoms with Crippen molar-refractivity contribution in [1.29, 1.82) is 0 Å². The average molecular weight is 407 g/mol. The highest BCUT2D eigenvalue weighted by Crippen LogP contribution is 2.36. The van der Waals surface area contributed by atoms with Crippen LogP contribution < -0.4 is 0 Å². The minimum Gasteiger partial charge on any atom is -0.373 e. The summed E-state index contributed by atoms with van der Waals surface area (Å²) in [5.41, 5.74) is 7.39. The molecule has 0 amide bonds. The Labute approximate surface area is 177 Å². The fraction of sp³-hybridized carbons (Fsp3) is 0.333. The molecule has 4 rings (SSSR count). The third-order valence-electron chi connectivity index (χ3n) is 6.22. The molecule has 3 aromatic carbocycles. The van der Waals surface area contributed by atoms with Gasteiger partial charge in [0.2, 0.25) is 0 Å². The van der Waals surface area contributed by atoms with Gasteiger partial charge in [0.25, 0.3) is 0 Å². The fourth-order valence-electron chi connectivity index (χ4n) is 4.43. The van der Waals surface area contributed by atoms with Crippen LogP contribution >= 0.6 is 0 Å². The summed E-state index contributed by atoms with van der Waals surface area (Å²) in [6, 6.07) is 15.2. The summed E-state index contributed by atoms with van der Waals surface area (Å²) in [4.78, 5) is 0. The van der Waals surface area contributed by atoms with E-state index in [4.69, 9.17) is 4.74 Å². The summed E-state index contributed by atoms with van der Waals surface area (Å²) in [5, 5.41) is 0. The lowest BCUT2D eigenvalue weighted by atomic mass is 9.89. The first-order valence-electron chi connectivity index (χ1n) is 10.6. The van der Waals surface area contributed by atoms with Gasteiger partial charge in [0.05, 0.1) is 6.10 Å². The van der Waals surface area contributed by atoms with Gasteiger partial charge in [-0.3, -0.25) is 0 Å². The maximum atomic E-state index is 13.9. The second-order valence-electron chi connectivity index (χ2n) is 8.68.